The van der Waals surface area contributed by atoms with Gasteiger partial charge >= 0.3 is 0 Å². The van der Waals surface area contributed by atoms with E-state index >= 15 is 0 Å². The predicted octanol–water partition coefficient (Wildman–Crippen LogP) is 3.24. The quantitative estimate of drug-likeness (QED) is 0.854. The average Bonchev–Trinajstić information content (AvgIpc) is 2.61. The van der Waals surface area contributed by atoms with Crippen molar-refractivity contribution >= 4 is 12.0 Å². The molecule has 0 fully saturated rings. The first-order chi connectivity index (χ1) is 11.1. The zero-order chi connectivity index (χ0) is 16.7. The van der Waals surface area contributed by atoms with E-state index in [1.165, 1.54) is 17.7 Å². The number of fused-ring (bicyclic) bond motifs is 1. The van der Waals surface area contributed by atoms with Gasteiger partial charge < -0.3 is 10.6 Å². The van der Waals surface area contributed by atoms with Crippen LogP contribution in [0.3, 0.4) is 0 Å². The van der Waals surface area contributed by atoms with E-state index in [1.54, 1.807) is 18.3 Å². The third kappa shape index (κ3) is 4.72. The second kappa shape index (κ2) is 8.19. The van der Waals surface area contributed by atoms with Gasteiger partial charge in [0.2, 0.25) is 0 Å². The van der Waals surface area contributed by atoms with Crippen LogP contribution in [0.2, 0.25) is 0 Å². The molecule has 1 aliphatic rings. The average molecular weight is 313 g/mol. The van der Waals surface area contributed by atoms with Gasteiger partial charge in [-0.3, -0.25) is 9.78 Å². The molecule has 1 aliphatic heterocycles. The SMILES string of the molecule is CNC(C)c1cccnc1.O=CC1=CCc2cc(F)ccc2N1. The van der Waals surface area contributed by atoms with Crippen molar-refractivity contribution in [2.24, 2.45) is 0 Å². The highest BCUT2D eigenvalue weighted by atomic mass is 19.1. The second-order valence-corrected chi connectivity index (χ2v) is 5.20. The first kappa shape index (κ1) is 16.8. The van der Waals surface area contributed by atoms with Gasteiger partial charge in [0.05, 0.1) is 5.70 Å². The maximum absolute atomic E-state index is 12.8. The number of benzene rings is 1. The summed E-state index contributed by atoms with van der Waals surface area (Å²) in [6.07, 6.45) is 6.77. The van der Waals surface area contributed by atoms with Gasteiger partial charge in [0, 0.05) is 24.1 Å². The molecule has 2 N–H and O–H groups in total. The summed E-state index contributed by atoms with van der Waals surface area (Å²) in [7, 11) is 1.94. The Morgan fingerprint density at radius 3 is 2.87 bits per heavy atom. The van der Waals surface area contributed by atoms with E-state index in [1.807, 2.05) is 19.3 Å². The fraction of sp³-hybridized carbons (Fsp3) is 0.222. The number of hydrogen-bond acceptors (Lipinski definition) is 4. The molecule has 1 atom stereocenters. The van der Waals surface area contributed by atoms with E-state index in [9.17, 15) is 9.18 Å². The van der Waals surface area contributed by atoms with Crippen molar-refractivity contribution in [3.63, 3.8) is 0 Å². The summed E-state index contributed by atoms with van der Waals surface area (Å²) in [5.41, 5.74) is 3.46. The predicted molar refractivity (Wildman–Crippen MR) is 89.6 cm³/mol. The van der Waals surface area contributed by atoms with Crippen molar-refractivity contribution < 1.29 is 9.18 Å². The number of carbonyl (C=O) groups is 1. The third-order valence-corrected chi connectivity index (χ3v) is 3.63. The summed E-state index contributed by atoms with van der Waals surface area (Å²) >= 11 is 0. The molecule has 0 bridgehead atoms. The summed E-state index contributed by atoms with van der Waals surface area (Å²) < 4.78 is 12.8. The molecule has 23 heavy (non-hydrogen) atoms. The Bertz CT molecular complexity index is 686. The Kier molecular flexibility index (Phi) is 6.00. The molecule has 1 aromatic carbocycles. The van der Waals surface area contributed by atoms with Crippen LogP contribution in [0, 0.1) is 5.82 Å². The molecule has 1 aromatic heterocycles. The summed E-state index contributed by atoms with van der Waals surface area (Å²) in [5, 5.41) is 6.04. The van der Waals surface area contributed by atoms with Crippen molar-refractivity contribution in [2.45, 2.75) is 19.4 Å². The Balaban J connectivity index is 0.000000174. The monoisotopic (exact) mass is 313 g/mol. The number of aromatic nitrogens is 1. The molecule has 1 unspecified atom stereocenters. The van der Waals surface area contributed by atoms with Gasteiger partial charge in [0.25, 0.3) is 0 Å². The Morgan fingerprint density at radius 1 is 1.39 bits per heavy atom. The zero-order valence-electron chi connectivity index (χ0n) is 13.2. The molecule has 3 rings (SSSR count). The molecule has 0 saturated heterocycles. The Hall–Kier alpha value is -2.53. The molecule has 0 radical (unpaired) electrons. The lowest BCUT2D eigenvalue weighted by Gasteiger charge is -2.15. The second-order valence-electron chi connectivity index (χ2n) is 5.20. The lowest BCUT2D eigenvalue weighted by atomic mass is 10.1. The first-order valence-electron chi connectivity index (χ1n) is 7.42. The highest BCUT2D eigenvalue weighted by Crippen LogP contribution is 2.23. The van der Waals surface area contributed by atoms with E-state index in [0.29, 0.717) is 18.2 Å². The molecule has 0 spiro atoms. The van der Waals surface area contributed by atoms with E-state index in [2.05, 4.69) is 28.6 Å². The van der Waals surface area contributed by atoms with Crippen molar-refractivity contribution in [3.05, 3.63) is 71.4 Å². The number of nitrogens with one attached hydrogen (secondary N) is 2. The van der Waals surface area contributed by atoms with Crippen LogP contribution in [0.4, 0.5) is 10.1 Å². The van der Waals surface area contributed by atoms with Crippen molar-refractivity contribution in [1.29, 1.82) is 0 Å². The van der Waals surface area contributed by atoms with Gasteiger partial charge in [-0.1, -0.05) is 12.1 Å². The van der Waals surface area contributed by atoms with Gasteiger partial charge in [-0.2, -0.15) is 0 Å². The molecule has 0 aliphatic carbocycles. The minimum absolute atomic E-state index is 0.247. The lowest BCUT2D eigenvalue weighted by Crippen LogP contribution is -2.12. The fourth-order valence-electron chi connectivity index (χ4n) is 2.16. The standard InChI is InChI=1S/C10H8FNO.C8H12N2/c11-8-2-4-10-7(5-8)1-3-9(6-13)12-10;1-7(9-2)8-4-3-5-10-6-8/h2-6,12H,1H2;3-7,9H,1-2H3. The van der Waals surface area contributed by atoms with Crippen molar-refractivity contribution in [3.8, 4) is 0 Å². The molecule has 5 heteroatoms. The van der Waals surface area contributed by atoms with Gasteiger partial charge in [0.15, 0.2) is 6.29 Å². The number of carbonyl (C=O) groups excluding carboxylic acids is 1. The smallest absolute Gasteiger partial charge is 0.165 e. The molecule has 0 amide bonds. The van der Waals surface area contributed by atoms with Crippen LogP contribution < -0.4 is 10.6 Å². The maximum atomic E-state index is 12.8. The largest absolute Gasteiger partial charge is 0.353 e. The fourth-order valence-corrected chi connectivity index (χ4v) is 2.16. The molecular formula is C18H20FN3O. The number of aldehydes is 1. The molecule has 4 nitrogen and oxygen atoms in total. The molecule has 2 heterocycles. The van der Waals surface area contributed by atoms with Crippen molar-refractivity contribution in [1.82, 2.24) is 10.3 Å². The van der Waals surface area contributed by atoms with E-state index in [-0.39, 0.29) is 5.82 Å². The third-order valence-electron chi connectivity index (χ3n) is 3.63. The van der Waals surface area contributed by atoms with Crippen LogP contribution in [-0.4, -0.2) is 18.3 Å². The number of nitrogens with zero attached hydrogens (tertiary/aromatic N) is 1. The maximum Gasteiger partial charge on any atom is 0.165 e. The molecule has 2 aromatic rings. The molecular weight excluding hydrogens is 293 g/mol. The highest BCUT2D eigenvalue weighted by molar-refractivity contribution is 5.81. The summed E-state index contributed by atoms with van der Waals surface area (Å²) in [4.78, 5) is 14.4. The first-order valence-corrected chi connectivity index (χ1v) is 7.42. The van der Waals surface area contributed by atoms with E-state index in [0.717, 1.165) is 17.5 Å². The van der Waals surface area contributed by atoms with Gasteiger partial charge in [-0.25, -0.2) is 4.39 Å². The summed E-state index contributed by atoms with van der Waals surface area (Å²) in [6.45, 7) is 2.11. The van der Waals surface area contributed by atoms with Gasteiger partial charge in [-0.05, 0) is 55.8 Å². The Morgan fingerprint density at radius 2 is 2.22 bits per heavy atom. The van der Waals surface area contributed by atoms with Crippen LogP contribution in [0.25, 0.3) is 0 Å². The minimum Gasteiger partial charge on any atom is -0.353 e. The van der Waals surface area contributed by atoms with E-state index < -0.39 is 0 Å². The number of allylic oxidation sites excluding steroid dienone is 2. The number of halogens is 1. The minimum atomic E-state index is -0.247. The number of anilines is 1. The van der Waals surface area contributed by atoms with Crippen LogP contribution >= 0.6 is 0 Å². The lowest BCUT2D eigenvalue weighted by molar-refractivity contribution is -0.104. The zero-order valence-corrected chi connectivity index (χ0v) is 13.2. The highest BCUT2D eigenvalue weighted by Gasteiger charge is 2.09. The summed E-state index contributed by atoms with van der Waals surface area (Å²) in [5.74, 6) is -0.247. The molecule has 120 valence electrons. The van der Waals surface area contributed by atoms with Crippen LogP contribution in [0.15, 0.2) is 54.5 Å². The van der Waals surface area contributed by atoms with Gasteiger partial charge in [-0.15, -0.1) is 0 Å². The summed E-state index contributed by atoms with van der Waals surface area (Å²) in [6, 6.07) is 8.90. The van der Waals surface area contributed by atoms with Crippen LogP contribution in [0.5, 0.6) is 0 Å². The normalized spacial score (nSPS) is 13.6. The number of rotatable bonds is 3. The van der Waals surface area contributed by atoms with Crippen LogP contribution in [0.1, 0.15) is 24.1 Å². The molecule has 0 saturated carbocycles. The van der Waals surface area contributed by atoms with Crippen LogP contribution in [-0.2, 0) is 11.2 Å². The van der Waals surface area contributed by atoms with Gasteiger partial charge in [0.1, 0.15) is 5.82 Å². The number of pyridine rings is 1. The topological polar surface area (TPSA) is 54.0 Å². The number of hydrogen-bond donors (Lipinski definition) is 2. The van der Waals surface area contributed by atoms with Crippen molar-refractivity contribution in [2.75, 3.05) is 12.4 Å². The van der Waals surface area contributed by atoms with E-state index in [4.69, 9.17) is 0 Å². The Labute approximate surface area is 135 Å².